The van der Waals surface area contributed by atoms with Gasteiger partial charge in [0.25, 0.3) is 0 Å². The van der Waals surface area contributed by atoms with Gasteiger partial charge in [-0.1, -0.05) is 34.1 Å². The first-order valence-corrected chi connectivity index (χ1v) is 13.9. The van der Waals surface area contributed by atoms with E-state index in [4.69, 9.17) is 0 Å². The summed E-state index contributed by atoms with van der Waals surface area (Å²) in [5, 5.41) is 0. The Kier molecular flexibility index (Phi) is 12.0. The molecule has 3 aliphatic rings. The quantitative estimate of drug-likeness (QED) is 0.417. The standard InChI is InChI=1S/C29H50N4.2ClH/c1-6-7-14-31-17-21-33(22-18-31)28-13-12-26(32-19-15-30(5)16-20-32)23-27(28)24-8-10-25(11-9-24)29(2,3)4;;/h12-13,23-25H,6-11,14-22H2,1-5H3;2*1H. The van der Waals surface area contributed by atoms with Gasteiger partial charge in [-0.2, -0.15) is 0 Å². The Labute approximate surface area is 228 Å². The normalized spacial score (nSPS) is 24.6. The van der Waals surface area contributed by atoms with Crippen molar-refractivity contribution in [2.75, 3.05) is 75.8 Å². The van der Waals surface area contributed by atoms with Gasteiger partial charge in [0.1, 0.15) is 0 Å². The second-order valence-corrected chi connectivity index (χ2v) is 12.1. The molecular weight excluding hydrogens is 475 g/mol. The lowest BCUT2D eigenvalue weighted by Crippen LogP contribution is -2.47. The lowest BCUT2D eigenvalue weighted by molar-refractivity contribution is 0.169. The van der Waals surface area contributed by atoms with Crippen molar-refractivity contribution in [3.63, 3.8) is 0 Å². The maximum absolute atomic E-state index is 2.71. The number of likely N-dealkylation sites (N-methyl/N-ethyl adjacent to an activating group) is 1. The number of nitrogens with zero attached hydrogens (tertiary/aromatic N) is 4. The molecule has 1 aromatic carbocycles. The van der Waals surface area contributed by atoms with Gasteiger partial charge in [-0.25, -0.2) is 0 Å². The summed E-state index contributed by atoms with van der Waals surface area (Å²) in [6.45, 7) is 20.4. The first-order valence-electron chi connectivity index (χ1n) is 13.9. The van der Waals surface area contributed by atoms with Crippen LogP contribution < -0.4 is 9.80 Å². The molecule has 202 valence electrons. The third-order valence-corrected chi connectivity index (χ3v) is 8.81. The van der Waals surface area contributed by atoms with Crippen molar-refractivity contribution in [1.82, 2.24) is 9.80 Å². The van der Waals surface area contributed by atoms with Crippen molar-refractivity contribution in [1.29, 1.82) is 0 Å². The van der Waals surface area contributed by atoms with Gasteiger partial charge in [-0.3, -0.25) is 4.90 Å². The fourth-order valence-corrected chi connectivity index (χ4v) is 6.28. The summed E-state index contributed by atoms with van der Waals surface area (Å²) in [5.74, 6) is 1.60. The molecule has 2 aliphatic heterocycles. The van der Waals surface area contributed by atoms with Crippen LogP contribution in [0, 0.1) is 11.3 Å². The summed E-state index contributed by atoms with van der Waals surface area (Å²) in [4.78, 5) is 10.5. The van der Waals surface area contributed by atoms with E-state index in [-0.39, 0.29) is 24.8 Å². The van der Waals surface area contributed by atoms with Crippen LogP contribution in [0.1, 0.15) is 77.7 Å². The van der Waals surface area contributed by atoms with Gasteiger partial charge in [-0.05, 0) is 86.7 Å². The van der Waals surface area contributed by atoms with E-state index in [1.807, 2.05) is 0 Å². The third-order valence-electron chi connectivity index (χ3n) is 8.81. The monoisotopic (exact) mass is 526 g/mol. The van der Waals surface area contributed by atoms with E-state index in [2.05, 4.69) is 72.5 Å². The number of anilines is 2. The van der Waals surface area contributed by atoms with E-state index in [1.165, 1.54) is 90.0 Å². The molecule has 6 heteroatoms. The summed E-state index contributed by atoms with van der Waals surface area (Å²) in [7, 11) is 2.25. The predicted molar refractivity (Wildman–Crippen MR) is 158 cm³/mol. The summed E-state index contributed by atoms with van der Waals surface area (Å²) in [6, 6.07) is 7.52. The van der Waals surface area contributed by atoms with Crippen LogP contribution in [0.5, 0.6) is 0 Å². The Morgan fingerprint density at radius 1 is 0.800 bits per heavy atom. The fraction of sp³-hybridized carbons (Fsp3) is 0.793. The molecule has 0 spiro atoms. The van der Waals surface area contributed by atoms with E-state index in [0.717, 1.165) is 24.9 Å². The first kappa shape index (κ1) is 30.5. The number of hydrogen-bond acceptors (Lipinski definition) is 4. The number of benzene rings is 1. The minimum absolute atomic E-state index is 0. The number of unbranched alkanes of at least 4 members (excludes halogenated alkanes) is 1. The van der Waals surface area contributed by atoms with E-state index < -0.39 is 0 Å². The van der Waals surface area contributed by atoms with Gasteiger partial charge in [0.15, 0.2) is 0 Å². The van der Waals surface area contributed by atoms with Crippen LogP contribution in [0.25, 0.3) is 0 Å². The number of halogens is 2. The van der Waals surface area contributed by atoms with E-state index in [9.17, 15) is 0 Å². The van der Waals surface area contributed by atoms with Crippen molar-refractivity contribution < 1.29 is 0 Å². The molecule has 3 fully saturated rings. The van der Waals surface area contributed by atoms with Crippen molar-refractivity contribution >= 4 is 36.2 Å². The molecule has 2 saturated heterocycles. The van der Waals surface area contributed by atoms with Crippen molar-refractivity contribution in [3.05, 3.63) is 23.8 Å². The molecular formula is C29H52Cl2N4. The zero-order chi connectivity index (χ0) is 23.4. The molecule has 4 rings (SSSR count). The van der Waals surface area contributed by atoms with Gasteiger partial charge < -0.3 is 14.7 Å². The molecule has 0 aromatic heterocycles. The zero-order valence-corrected chi connectivity index (χ0v) is 24.7. The highest BCUT2D eigenvalue weighted by Gasteiger charge is 2.32. The van der Waals surface area contributed by atoms with Gasteiger partial charge in [0.05, 0.1) is 0 Å². The highest BCUT2D eigenvalue weighted by molar-refractivity contribution is 5.85. The zero-order valence-electron chi connectivity index (χ0n) is 23.1. The SMILES string of the molecule is CCCCN1CCN(c2ccc(N3CCN(C)CC3)cc2C2CCC(C(C)(C)C)CC2)CC1.Cl.Cl. The minimum Gasteiger partial charge on any atom is -0.369 e. The van der Waals surface area contributed by atoms with Crippen LogP contribution in [0.3, 0.4) is 0 Å². The van der Waals surface area contributed by atoms with Crippen LogP contribution in [-0.2, 0) is 0 Å². The lowest BCUT2D eigenvalue weighted by Gasteiger charge is -2.41. The fourth-order valence-electron chi connectivity index (χ4n) is 6.28. The first-order chi connectivity index (χ1) is 15.8. The lowest BCUT2D eigenvalue weighted by atomic mass is 9.68. The molecule has 0 bridgehead atoms. The highest BCUT2D eigenvalue weighted by atomic mass is 35.5. The molecule has 1 aromatic rings. The van der Waals surface area contributed by atoms with E-state index >= 15 is 0 Å². The molecule has 0 amide bonds. The molecule has 2 heterocycles. The van der Waals surface area contributed by atoms with Crippen LogP contribution in [0.15, 0.2) is 18.2 Å². The largest absolute Gasteiger partial charge is 0.369 e. The van der Waals surface area contributed by atoms with Gasteiger partial charge in [0, 0.05) is 63.7 Å². The second-order valence-electron chi connectivity index (χ2n) is 12.1. The Morgan fingerprint density at radius 3 is 1.97 bits per heavy atom. The Bertz CT molecular complexity index is 742. The molecule has 0 radical (unpaired) electrons. The summed E-state index contributed by atoms with van der Waals surface area (Å²) < 4.78 is 0. The van der Waals surface area contributed by atoms with Crippen molar-refractivity contribution in [3.8, 4) is 0 Å². The summed E-state index contributed by atoms with van der Waals surface area (Å²) in [5.41, 5.74) is 5.11. The molecule has 1 aliphatic carbocycles. The Morgan fingerprint density at radius 2 is 1.40 bits per heavy atom. The van der Waals surface area contributed by atoms with E-state index in [1.54, 1.807) is 11.3 Å². The van der Waals surface area contributed by atoms with E-state index in [0.29, 0.717) is 5.41 Å². The maximum Gasteiger partial charge on any atom is 0.0404 e. The van der Waals surface area contributed by atoms with Gasteiger partial charge in [0.2, 0.25) is 0 Å². The molecule has 0 N–H and O–H groups in total. The second kappa shape index (κ2) is 13.7. The van der Waals surface area contributed by atoms with Crippen molar-refractivity contribution in [2.24, 2.45) is 11.3 Å². The van der Waals surface area contributed by atoms with Gasteiger partial charge >= 0.3 is 0 Å². The molecule has 0 unspecified atom stereocenters. The topological polar surface area (TPSA) is 13.0 Å². The number of rotatable bonds is 6. The van der Waals surface area contributed by atoms with Crippen LogP contribution in [0.4, 0.5) is 11.4 Å². The molecule has 35 heavy (non-hydrogen) atoms. The minimum atomic E-state index is 0. The maximum atomic E-state index is 2.71. The molecule has 1 saturated carbocycles. The summed E-state index contributed by atoms with van der Waals surface area (Å²) >= 11 is 0. The average Bonchev–Trinajstić information content (AvgIpc) is 2.83. The molecule has 4 nitrogen and oxygen atoms in total. The van der Waals surface area contributed by atoms with Crippen LogP contribution in [0.2, 0.25) is 0 Å². The molecule has 0 atom stereocenters. The van der Waals surface area contributed by atoms with Crippen molar-refractivity contribution in [2.45, 2.75) is 72.1 Å². The van der Waals surface area contributed by atoms with Gasteiger partial charge in [-0.15, -0.1) is 24.8 Å². The van der Waals surface area contributed by atoms with Crippen LogP contribution in [-0.4, -0.2) is 75.8 Å². The van der Waals surface area contributed by atoms with Crippen LogP contribution >= 0.6 is 24.8 Å². The Hall–Kier alpha value is -0.680. The highest BCUT2D eigenvalue weighted by Crippen LogP contribution is 2.46. The average molecular weight is 528 g/mol. The number of piperazine rings is 2. The smallest absolute Gasteiger partial charge is 0.0404 e. The predicted octanol–water partition coefficient (Wildman–Crippen LogP) is 6.52. The Balaban J connectivity index is 0.00000216. The summed E-state index contributed by atoms with van der Waals surface area (Å²) in [6.07, 6.45) is 8.13. The third kappa shape index (κ3) is 7.90. The number of hydrogen-bond donors (Lipinski definition) is 0.